The summed E-state index contributed by atoms with van der Waals surface area (Å²) >= 11 is 1.82. The van der Waals surface area contributed by atoms with Gasteiger partial charge in [0.05, 0.1) is 24.1 Å². The second kappa shape index (κ2) is 4.22. The van der Waals surface area contributed by atoms with E-state index in [1.807, 2.05) is 23.7 Å². The van der Waals surface area contributed by atoms with Gasteiger partial charge in [-0.15, -0.1) is 11.3 Å². The molecule has 0 aliphatic heterocycles. The molecule has 0 spiro atoms. The average Bonchev–Trinajstić information content (AvgIpc) is 3.02. The molecule has 2 heterocycles. The van der Waals surface area contributed by atoms with Crippen LogP contribution in [0.1, 0.15) is 23.8 Å². The van der Waals surface area contributed by atoms with E-state index >= 15 is 0 Å². The van der Waals surface area contributed by atoms with Gasteiger partial charge in [0.2, 0.25) is 0 Å². The van der Waals surface area contributed by atoms with E-state index in [9.17, 15) is 0 Å². The Labute approximate surface area is 98.6 Å². The first kappa shape index (κ1) is 9.78. The molecule has 3 rings (SSSR count). The fourth-order valence-electron chi connectivity index (χ4n) is 1.87. The van der Waals surface area contributed by atoms with Crippen LogP contribution in [-0.2, 0) is 0 Å². The Balaban J connectivity index is 1.80. The normalized spacial score (nSPS) is 17.0. The fourth-order valence-corrected chi connectivity index (χ4v) is 2.74. The van der Waals surface area contributed by atoms with E-state index in [0.29, 0.717) is 6.04 Å². The Hall–Kier alpha value is -1.42. The molecule has 0 saturated heterocycles. The standard InChI is InChI=1S/C12H13N3S/c1-2-11(16-5-1)12(9-3-4-9)15-10-6-13-8-14-7-10/h1-2,5-9,12,15H,3-4H2. The molecule has 1 fully saturated rings. The molecule has 1 unspecified atom stereocenters. The van der Waals surface area contributed by atoms with Gasteiger partial charge in [-0.05, 0) is 30.2 Å². The minimum atomic E-state index is 0.436. The van der Waals surface area contributed by atoms with Gasteiger partial charge < -0.3 is 5.32 Å². The molecule has 3 nitrogen and oxygen atoms in total. The van der Waals surface area contributed by atoms with Crippen LogP contribution in [0, 0.1) is 5.92 Å². The van der Waals surface area contributed by atoms with Gasteiger partial charge in [-0.1, -0.05) is 6.07 Å². The van der Waals surface area contributed by atoms with Crippen LogP contribution in [0.15, 0.2) is 36.2 Å². The summed E-state index contributed by atoms with van der Waals surface area (Å²) in [5.41, 5.74) is 1.01. The summed E-state index contributed by atoms with van der Waals surface area (Å²) in [5.74, 6) is 0.777. The third-order valence-electron chi connectivity index (χ3n) is 2.83. The van der Waals surface area contributed by atoms with Gasteiger partial charge in [-0.2, -0.15) is 0 Å². The largest absolute Gasteiger partial charge is 0.375 e. The lowest BCUT2D eigenvalue weighted by Gasteiger charge is -2.17. The number of hydrogen-bond acceptors (Lipinski definition) is 4. The van der Waals surface area contributed by atoms with Gasteiger partial charge in [0.25, 0.3) is 0 Å². The minimum absolute atomic E-state index is 0.436. The lowest BCUT2D eigenvalue weighted by Crippen LogP contribution is -2.11. The Bertz CT molecular complexity index is 437. The summed E-state index contributed by atoms with van der Waals surface area (Å²) in [5, 5.41) is 5.66. The van der Waals surface area contributed by atoms with Gasteiger partial charge in [0.1, 0.15) is 6.33 Å². The minimum Gasteiger partial charge on any atom is -0.375 e. The second-order valence-corrected chi connectivity index (χ2v) is 5.08. The van der Waals surface area contributed by atoms with Crippen molar-refractivity contribution in [3.8, 4) is 0 Å². The van der Waals surface area contributed by atoms with Crippen molar-refractivity contribution in [1.82, 2.24) is 9.97 Å². The van der Waals surface area contributed by atoms with Crippen molar-refractivity contribution in [3.05, 3.63) is 41.1 Å². The number of aromatic nitrogens is 2. The van der Waals surface area contributed by atoms with Crippen molar-refractivity contribution < 1.29 is 0 Å². The van der Waals surface area contributed by atoms with E-state index in [4.69, 9.17) is 0 Å². The molecule has 2 aromatic heterocycles. The van der Waals surface area contributed by atoms with Crippen LogP contribution in [0.5, 0.6) is 0 Å². The first-order chi connectivity index (χ1) is 7.93. The molecule has 0 bridgehead atoms. The highest BCUT2D eigenvalue weighted by molar-refractivity contribution is 7.10. The van der Waals surface area contributed by atoms with Crippen molar-refractivity contribution >= 4 is 17.0 Å². The average molecular weight is 231 g/mol. The lowest BCUT2D eigenvalue weighted by atomic mass is 10.1. The van der Waals surface area contributed by atoms with Crippen LogP contribution >= 0.6 is 11.3 Å². The van der Waals surface area contributed by atoms with Crippen molar-refractivity contribution in [1.29, 1.82) is 0 Å². The molecule has 82 valence electrons. The smallest absolute Gasteiger partial charge is 0.115 e. The third-order valence-corrected chi connectivity index (χ3v) is 3.78. The van der Waals surface area contributed by atoms with Gasteiger partial charge in [-0.3, -0.25) is 0 Å². The molecule has 0 radical (unpaired) electrons. The van der Waals surface area contributed by atoms with E-state index in [2.05, 4.69) is 32.8 Å². The predicted octanol–water partition coefficient (Wildman–Crippen LogP) is 3.10. The molecule has 0 aromatic carbocycles. The molecule has 1 atom stereocenters. The van der Waals surface area contributed by atoms with Crippen LogP contribution in [0.25, 0.3) is 0 Å². The maximum absolute atomic E-state index is 4.03. The SMILES string of the molecule is c1csc(C(Nc2cncnc2)C2CC2)c1. The highest BCUT2D eigenvalue weighted by Crippen LogP contribution is 2.43. The summed E-state index contributed by atoms with van der Waals surface area (Å²) in [6.45, 7) is 0. The number of anilines is 1. The first-order valence-electron chi connectivity index (χ1n) is 5.48. The molecular formula is C12H13N3S. The van der Waals surface area contributed by atoms with E-state index in [-0.39, 0.29) is 0 Å². The summed E-state index contributed by atoms with van der Waals surface area (Å²) in [4.78, 5) is 9.47. The molecule has 1 aliphatic rings. The van der Waals surface area contributed by atoms with E-state index in [1.54, 1.807) is 6.33 Å². The predicted molar refractivity (Wildman–Crippen MR) is 65.4 cm³/mol. The zero-order chi connectivity index (χ0) is 10.8. The maximum Gasteiger partial charge on any atom is 0.115 e. The van der Waals surface area contributed by atoms with Crippen LogP contribution in [0.3, 0.4) is 0 Å². The Kier molecular flexibility index (Phi) is 2.58. The monoisotopic (exact) mass is 231 g/mol. The van der Waals surface area contributed by atoms with Gasteiger partial charge >= 0.3 is 0 Å². The quantitative estimate of drug-likeness (QED) is 0.878. The summed E-state index contributed by atoms with van der Waals surface area (Å²) < 4.78 is 0. The lowest BCUT2D eigenvalue weighted by molar-refractivity contribution is 0.690. The number of hydrogen-bond donors (Lipinski definition) is 1. The topological polar surface area (TPSA) is 37.8 Å². The third kappa shape index (κ3) is 2.07. The highest BCUT2D eigenvalue weighted by atomic mass is 32.1. The van der Waals surface area contributed by atoms with Crippen molar-refractivity contribution in [2.45, 2.75) is 18.9 Å². The summed E-state index contributed by atoms with van der Waals surface area (Å²) in [6, 6.07) is 4.74. The fraction of sp³-hybridized carbons (Fsp3) is 0.333. The number of rotatable bonds is 4. The van der Waals surface area contributed by atoms with Crippen molar-refractivity contribution in [3.63, 3.8) is 0 Å². The molecule has 1 aliphatic carbocycles. The van der Waals surface area contributed by atoms with Gasteiger partial charge in [0.15, 0.2) is 0 Å². The Morgan fingerprint density at radius 1 is 1.31 bits per heavy atom. The van der Waals surface area contributed by atoms with Crippen molar-refractivity contribution in [2.75, 3.05) is 5.32 Å². The summed E-state index contributed by atoms with van der Waals surface area (Å²) in [6.07, 6.45) is 7.86. The number of nitrogens with one attached hydrogen (secondary N) is 1. The van der Waals surface area contributed by atoms with E-state index in [0.717, 1.165) is 11.6 Å². The number of nitrogens with zero attached hydrogens (tertiary/aromatic N) is 2. The highest BCUT2D eigenvalue weighted by Gasteiger charge is 2.32. The molecule has 4 heteroatoms. The van der Waals surface area contributed by atoms with Crippen molar-refractivity contribution in [2.24, 2.45) is 5.92 Å². The van der Waals surface area contributed by atoms with Crippen LogP contribution in [-0.4, -0.2) is 9.97 Å². The van der Waals surface area contributed by atoms with Crippen LogP contribution in [0.2, 0.25) is 0 Å². The zero-order valence-electron chi connectivity index (χ0n) is 8.84. The van der Waals surface area contributed by atoms with E-state index in [1.165, 1.54) is 17.7 Å². The molecule has 16 heavy (non-hydrogen) atoms. The molecule has 2 aromatic rings. The van der Waals surface area contributed by atoms with Crippen LogP contribution < -0.4 is 5.32 Å². The molecular weight excluding hydrogens is 218 g/mol. The number of thiophene rings is 1. The van der Waals surface area contributed by atoms with Crippen LogP contribution in [0.4, 0.5) is 5.69 Å². The Morgan fingerprint density at radius 2 is 2.12 bits per heavy atom. The van der Waals surface area contributed by atoms with E-state index < -0.39 is 0 Å². The summed E-state index contributed by atoms with van der Waals surface area (Å²) in [7, 11) is 0. The van der Waals surface area contributed by atoms with Gasteiger partial charge in [0, 0.05) is 4.88 Å². The molecule has 1 saturated carbocycles. The Morgan fingerprint density at radius 3 is 2.75 bits per heavy atom. The maximum atomic E-state index is 4.03. The molecule has 1 N–H and O–H groups in total. The van der Waals surface area contributed by atoms with Gasteiger partial charge in [-0.25, -0.2) is 9.97 Å². The first-order valence-corrected chi connectivity index (χ1v) is 6.36. The second-order valence-electron chi connectivity index (χ2n) is 4.10. The zero-order valence-corrected chi connectivity index (χ0v) is 9.65. The molecule has 0 amide bonds.